The number of halogens is 1. The van der Waals surface area contributed by atoms with Crippen molar-refractivity contribution in [3.63, 3.8) is 0 Å². The van der Waals surface area contributed by atoms with Gasteiger partial charge in [-0.15, -0.1) is 0 Å². The minimum atomic E-state index is -4.13. The van der Waals surface area contributed by atoms with Crippen LogP contribution in [0, 0.1) is 0 Å². The van der Waals surface area contributed by atoms with Crippen molar-refractivity contribution in [2.45, 2.75) is 4.90 Å². The SMILES string of the molecule is COc1ccc(N2CCN(C(=O)CN(c3ccc(Cl)cc3)S(=O)(=O)c3ccc(OC)c(OC)c3)CC2)cc1. The molecule has 1 fully saturated rings. The van der Waals surface area contributed by atoms with Gasteiger partial charge in [0.15, 0.2) is 11.5 Å². The summed E-state index contributed by atoms with van der Waals surface area (Å²) in [6.45, 7) is 1.83. The molecule has 11 heteroatoms. The molecular weight excluding hydrogens is 530 g/mol. The maximum atomic E-state index is 13.8. The molecule has 1 amide bonds. The van der Waals surface area contributed by atoms with Gasteiger partial charge in [-0.2, -0.15) is 0 Å². The van der Waals surface area contributed by atoms with Gasteiger partial charge in [0.05, 0.1) is 31.9 Å². The zero-order valence-electron chi connectivity index (χ0n) is 21.5. The van der Waals surface area contributed by atoms with Gasteiger partial charge >= 0.3 is 0 Å². The Morgan fingerprint density at radius 3 is 2.05 bits per heavy atom. The van der Waals surface area contributed by atoms with Crippen molar-refractivity contribution < 1.29 is 27.4 Å². The van der Waals surface area contributed by atoms with Crippen LogP contribution in [0.1, 0.15) is 0 Å². The van der Waals surface area contributed by atoms with Crippen LogP contribution in [0.15, 0.2) is 71.6 Å². The molecular formula is C27H30ClN3O6S. The Morgan fingerprint density at radius 2 is 1.47 bits per heavy atom. The minimum absolute atomic E-state index is 0.0257. The Balaban J connectivity index is 1.54. The third kappa shape index (κ3) is 5.92. The number of sulfonamides is 1. The largest absolute Gasteiger partial charge is 0.497 e. The summed E-state index contributed by atoms with van der Waals surface area (Å²) in [7, 11) is 0.392. The highest BCUT2D eigenvalue weighted by molar-refractivity contribution is 7.92. The summed E-state index contributed by atoms with van der Waals surface area (Å²) in [6, 6.07) is 18.4. The zero-order chi connectivity index (χ0) is 27.3. The molecule has 1 saturated heterocycles. The number of nitrogens with zero attached hydrogens (tertiary/aromatic N) is 3. The fourth-order valence-corrected chi connectivity index (χ4v) is 5.81. The lowest BCUT2D eigenvalue weighted by atomic mass is 10.2. The van der Waals surface area contributed by atoms with Crippen LogP contribution in [0.3, 0.4) is 0 Å². The summed E-state index contributed by atoms with van der Waals surface area (Å²) in [4.78, 5) is 17.2. The monoisotopic (exact) mass is 559 g/mol. The van der Waals surface area contributed by atoms with Gasteiger partial charge in [-0.1, -0.05) is 11.6 Å². The Hall–Kier alpha value is -3.63. The van der Waals surface area contributed by atoms with Crippen molar-refractivity contribution in [3.05, 3.63) is 71.8 Å². The number of benzene rings is 3. The van der Waals surface area contributed by atoms with Crippen LogP contribution < -0.4 is 23.4 Å². The van der Waals surface area contributed by atoms with Crippen LogP contribution in [0.5, 0.6) is 17.2 Å². The van der Waals surface area contributed by atoms with Crippen LogP contribution >= 0.6 is 11.6 Å². The van der Waals surface area contributed by atoms with Crippen molar-refractivity contribution >= 4 is 38.9 Å². The molecule has 38 heavy (non-hydrogen) atoms. The first-order chi connectivity index (χ1) is 18.3. The Kier molecular flexibility index (Phi) is 8.53. The fourth-order valence-electron chi connectivity index (χ4n) is 4.26. The highest BCUT2D eigenvalue weighted by atomic mass is 35.5. The average molecular weight is 560 g/mol. The Bertz CT molecular complexity index is 1360. The molecule has 3 aromatic carbocycles. The number of amides is 1. The normalized spacial score (nSPS) is 13.7. The van der Waals surface area contributed by atoms with Gasteiger partial charge in [0.2, 0.25) is 5.91 Å². The van der Waals surface area contributed by atoms with E-state index in [9.17, 15) is 13.2 Å². The summed E-state index contributed by atoms with van der Waals surface area (Å²) < 4.78 is 44.5. The number of rotatable bonds is 9. The third-order valence-electron chi connectivity index (χ3n) is 6.41. The maximum absolute atomic E-state index is 13.8. The standard InChI is InChI=1S/C27H30ClN3O6S/c1-35-23-10-8-21(9-11-23)29-14-16-30(17-15-29)27(32)19-31(22-6-4-20(28)5-7-22)38(33,34)24-12-13-25(36-2)26(18-24)37-3/h4-13,18H,14-17,19H2,1-3H3. The highest BCUT2D eigenvalue weighted by Crippen LogP contribution is 2.32. The van der Waals surface area contributed by atoms with E-state index < -0.39 is 10.0 Å². The smallest absolute Gasteiger partial charge is 0.264 e. The summed E-state index contributed by atoms with van der Waals surface area (Å²) in [6.07, 6.45) is 0. The Labute approximate surface area is 228 Å². The zero-order valence-corrected chi connectivity index (χ0v) is 23.0. The van der Waals surface area contributed by atoms with Crippen molar-refractivity contribution in [1.82, 2.24) is 4.90 Å². The molecule has 0 aromatic heterocycles. The second-order valence-corrected chi connectivity index (χ2v) is 10.9. The van der Waals surface area contributed by atoms with Crippen LogP contribution in [0.25, 0.3) is 0 Å². The molecule has 0 unspecified atom stereocenters. The lowest BCUT2D eigenvalue weighted by Crippen LogP contribution is -2.52. The van der Waals surface area contributed by atoms with E-state index in [-0.39, 0.29) is 23.1 Å². The number of anilines is 2. The first kappa shape index (κ1) is 27.4. The molecule has 4 rings (SSSR count). The molecule has 0 atom stereocenters. The topological polar surface area (TPSA) is 88.6 Å². The van der Waals surface area contributed by atoms with Gasteiger partial charge in [0, 0.05) is 43.0 Å². The summed E-state index contributed by atoms with van der Waals surface area (Å²) in [5, 5.41) is 0.457. The fraction of sp³-hybridized carbons (Fsp3) is 0.296. The van der Waals surface area contributed by atoms with Crippen LogP contribution in [-0.4, -0.2) is 73.3 Å². The van der Waals surface area contributed by atoms with Crippen molar-refractivity contribution in [1.29, 1.82) is 0 Å². The molecule has 202 valence electrons. The van der Waals surface area contributed by atoms with Crippen LogP contribution in [0.4, 0.5) is 11.4 Å². The predicted molar refractivity (Wildman–Crippen MR) is 147 cm³/mol. The van der Waals surface area contributed by atoms with Gasteiger partial charge in [0.25, 0.3) is 10.0 Å². The van der Waals surface area contributed by atoms with Crippen LogP contribution in [0.2, 0.25) is 5.02 Å². The van der Waals surface area contributed by atoms with Gasteiger partial charge in [-0.05, 0) is 60.7 Å². The average Bonchev–Trinajstić information content (AvgIpc) is 2.96. The predicted octanol–water partition coefficient (Wildman–Crippen LogP) is 3.91. The van der Waals surface area contributed by atoms with Crippen LogP contribution in [-0.2, 0) is 14.8 Å². The second-order valence-electron chi connectivity index (χ2n) is 8.57. The first-order valence-electron chi connectivity index (χ1n) is 11.9. The number of carbonyl (C=O) groups is 1. The van der Waals surface area contributed by atoms with E-state index in [0.29, 0.717) is 42.6 Å². The number of ether oxygens (including phenoxy) is 3. The molecule has 1 heterocycles. The van der Waals surface area contributed by atoms with Crippen molar-refractivity contribution in [2.24, 2.45) is 0 Å². The maximum Gasteiger partial charge on any atom is 0.264 e. The number of carbonyl (C=O) groups excluding carboxylic acids is 1. The van der Waals surface area contributed by atoms with E-state index in [0.717, 1.165) is 15.7 Å². The second kappa shape index (κ2) is 11.8. The molecule has 9 nitrogen and oxygen atoms in total. The van der Waals surface area contributed by atoms with Gasteiger partial charge in [0.1, 0.15) is 12.3 Å². The lowest BCUT2D eigenvalue weighted by molar-refractivity contribution is -0.129. The molecule has 1 aliphatic rings. The van der Waals surface area contributed by atoms with E-state index in [1.165, 1.54) is 32.4 Å². The minimum Gasteiger partial charge on any atom is -0.497 e. The molecule has 0 N–H and O–H groups in total. The summed E-state index contributed by atoms with van der Waals surface area (Å²) in [5.74, 6) is 1.15. The summed E-state index contributed by atoms with van der Waals surface area (Å²) in [5.41, 5.74) is 1.37. The highest BCUT2D eigenvalue weighted by Gasteiger charge is 2.31. The lowest BCUT2D eigenvalue weighted by Gasteiger charge is -2.37. The molecule has 1 aliphatic heterocycles. The number of methoxy groups -OCH3 is 3. The van der Waals surface area contributed by atoms with Gasteiger partial charge in [-0.3, -0.25) is 9.10 Å². The van der Waals surface area contributed by atoms with Gasteiger partial charge in [-0.25, -0.2) is 8.42 Å². The summed E-state index contributed by atoms with van der Waals surface area (Å²) >= 11 is 6.04. The third-order valence-corrected chi connectivity index (χ3v) is 8.43. The molecule has 3 aromatic rings. The number of piperazine rings is 1. The molecule has 0 spiro atoms. The van der Waals surface area contributed by atoms with Gasteiger partial charge < -0.3 is 24.0 Å². The van der Waals surface area contributed by atoms with Crippen molar-refractivity contribution in [2.75, 3.05) is 63.3 Å². The molecule has 0 aliphatic carbocycles. The molecule has 0 bridgehead atoms. The molecule has 0 radical (unpaired) electrons. The number of hydrogen-bond donors (Lipinski definition) is 0. The van der Waals surface area contributed by atoms with E-state index >= 15 is 0 Å². The van der Waals surface area contributed by atoms with E-state index in [1.54, 1.807) is 36.3 Å². The quantitative estimate of drug-likeness (QED) is 0.393. The van der Waals surface area contributed by atoms with E-state index in [2.05, 4.69) is 4.90 Å². The van der Waals surface area contributed by atoms with E-state index in [1.807, 2.05) is 24.3 Å². The number of hydrogen-bond acceptors (Lipinski definition) is 7. The van der Waals surface area contributed by atoms with Crippen molar-refractivity contribution in [3.8, 4) is 17.2 Å². The molecule has 0 saturated carbocycles. The Morgan fingerprint density at radius 1 is 0.842 bits per heavy atom. The first-order valence-corrected chi connectivity index (χ1v) is 13.8. The van der Waals surface area contributed by atoms with E-state index in [4.69, 9.17) is 25.8 Å².